The van der Waals surface area contributed by atoms with Gasteiger partial charge in [-0.25, -0.2) is 4.39 Å². The molecule has 1 aliphatic heterocycles. The molecule has 0 radical (unpaired) electrons. The van der Waals surface area contributed by atoms with Crippen molar-refractivity contribution in [2.45, 2.75) is 5.51 Å². The lowest BCUT2D eigenvalue weighted by Gasteiger charge is -2.17. The van der Waals surface area contributed by atoms with Crippen molar-refractivity contribution in [3.05, 3.63) is 29.6 Å². The first kappa shape index (κ1) is 13.9. The Morgan fingerprint density at radius 1 is 1.21 bits per heavy atom. The molecule has 1 aromatic carbocycles. The van der Waals surface area contributed by atoms with Crippen molar-refractivity contribution in [3.8, 4) is 0 Å². The number of anilines is 1. The van der Waals surface area contributed by atoms with Crippen LogP contribution >= 0.6 is 11.8 Å². The number of rotatable bonds is 3. The van der Waals surface area contributed by atoms with Crippen LogP contribution in [0.2, 0.25) is 0 Å². The molecule has 0 fully saturated rings. The molecule has 0 atom stereocenters. The van der Waals surface area contributed by atoms with Crippen LogP contribution in [0.5, 0.6) is 0 Å². The van der Waals surface area contributed by atoms with Gasteiger partial charge in [0, 0.05) is 12.3 Å². The Labute approximate surface area is 109 Å². The largest absolute Gasteiger partial charge is 0.441 e. The molecule has 2 rings (SSSR count). The molecule has 0 N–H and O–H groups in total. The number of para-hydroxylation sites is 1. The van der Waals surface area contributed by atoms with Gasteiger partial charge in [-0.15, -0.1) is 0 Å². The minimum absolute atomic E-state index is 0.109. The highest BCUT2D eigenvalue weighted by Crippen LogP contribution is 2.34. The molecule has 3 nitrogen and oxygen atoms in total. The first-order chi connectivity index (χ1) is 8.81. The van der Waals surface area contributed by atoms with E-state index in [4.69, 9.17) is 0 Å². The first-order valence-corrected chi connectivity index (χ1v) is 6.15. The molecule has 19 heavy (non-hydrogen) atoms. The summed E-state index contributed by atoms with van der Waals surface area (Å²) in [6, 6.07) is 3.59. The van der Waals surface area contributed by atoms with Gasteiger partial charge in [0.15, 0.2) is 0 Å². The number of alkyl halides is 3. The fourth-order valence-corrected chi connectivity index (χ4v) is 2.28. The maximum absolute atomic E-state index is 13.6. The van der Waals surface area contributed by atoms with Gasteiger partial charge in [-0.3, -0.25) is 9.59 Å². The number of Topliss-reactive ketones (excluding diaryl/α,β-unsaturated/α-hetero) is 1. The fraction of sp³-hybridized carbons (Fsp3) is 0.273. The highest BCUT2D eigenvalue weighted by atomic mass is 32.2. The molecule has 0 spiro atoms. The summed E-state index contributed by atoms with van der Waals surface area (Å²) in [5.74, 6) is -3.15. The Kier molecular flexibility index (Phi) is 3.53. The van der Waals surface area contributed by atoms with Crippen LogP contribution in [0.3, 0.4) is 0 Å². The topological polar surface area (TPSA) is 37.4 Å². The number of hydrogen-bond acceptors (Lipinski definition) is 3. The molecular formula is C11H7F4NO2S. The number of nitrogens with zero attached hydrogens (tertiary/aromatic N) is 1. The zero-order valence-electron chi connectivity index (χ0n) is 9.33. The summed E-state index contributed by atoms with van der Waals surface area (Å²) in [4.78, 5) is 23.9. The smallest absolute Gasteiger partial charge is 0.301 e. The van der Waals surface area contributed by atoms with E-state index in [-0.39, 0.29) is 29.6 Å². The van der Waals surface area contributed by atoms with E-state index in [2.05, 4.69) is 0 Å². The predicted molar refractivity (Wildman–Crippen MR) is 61.6 cm³/mol. The Balaban J connectivity index is 2.19. The average molecular weight is 293 g/mol. The van der Waals surface area contributed by atoms with Gasteiger partial charge in [-0.1, -0.05) is 6.07 Å². The van der Waals surface area contributed by atoms with Gasteiger partial charge < -0.3 is 4.90 Å². The maximum Gasteiger partial charge on any atom is 0.441 e. The third-order valence-corrected chi connectivity index (χ3v) is 3.24. The van der Waals surface area contributed by atoms with Crippen LogP contribution < -0.4 is 4.90 Å². The van der Waals surface area contributed by atoms with Gasteiger partial charge in [0.25, 0.3) is 11.7 Å². The van der Waals surface area contributed by atoms with Crippen LogP contribution in [-0.4, -0.2) is 29.5 Å². The molecule has 8 heteroatoms. The van der Waals surface area contributed by atoms with Gasteiger partial charge in [-0.2, -0.15) is 13.2 Å². The molecule has 102 valence electrons. The van der Waals surface area contributed by atoms with E-state index in [1.165, 1.54) is 12.1 Å². The van der Waals surface area contributed by atoms with Crippen molar-refractivity contribution in [1.29, 1.82) is 0 Å². The molecule has 1 heterocycles. The van der Waals surface area contributed by atoms with E-state index in [1.54, 1.807) is 0 Å². The average Bonchev–Trinajstić information content (AvgIpc) is 2.54. The van der Waals surface area contributed by atoms with Gasteiger partial charge in [0.1, 0.15) is 5.82 Å². The Morgan fingerprint density at radius 2 is 1.89 bits per heavy atom. The van der Waals surface area contributed by atoms with E-state index < -0.39 is 28.8 Å². The number of thioether (sulfide) groups is 1. The van der Waals surface area contributed by atoms with Crippen LogP contribution in [0.1, 0.15) is 10.4 Å². The zero-order chi connectivity index (χ0) is 14.2. The van der Waals surface area contributed by atoms with Crippen LogP contribution in [0, 0.1) is 5.82 Å². The van der Waals surface area contributed by atoms with Crippen molar-refractivity contribution in [1.82, 2.24) is 0 Å². The Morgan fingerprint density at radius 3 is 2.53 bits per heavy atom. The number of halogens is 4. The fourth-order valence-electron chi connectivity index (χ4n) is 1.78. The summed E-state index contributed by atoms with van der Waals surface area (Å²) in [7, 11) is 0. The summed E-state index contributed by atoms with van der Waals surface area (Å²) in [6.07, 6.45) is 0. The Hall–Kier alpha value is -1.57. The number of ketones is 1. The van der Waals surface area contributed by atoms with Crippen LogP contribution in [0.4, 0.5) is 23.2 Å². The van der Waals surface area contributed by atoms with E-state index >= 15 is 0 Å². The summed E-state index contributed by atoms with van der Waals surface area (Å²) in [6.45, 7) is -0.372. The minimum atomic E-state index is -4.43. The molecule has 1 aromatic rings. The van der Waals surface area contributed by atoms with E-state index in [0.717, 1.165) is 11.0 Å². The van der Waals surface area contributed by atoms with Crippen LogP contribution in [0.15, 0.2) is 18.2 Å². The number of carbonyl (C=O) groups is 2. The minimum Gasteiger partial charge on any atom is -0.301 e. The van der Waals surface area contributed by atoms with E-state index in [0.29, 0.717) is 0 Å². The zero-order valence-corrected chi connectivity index (χ0v) is 10.1. The lowest BCUT2D eigenvalue weighted by molar-refractivity contribution is -0.114. The Bertz CT molecular complexity index is 544. The number of hydrogen-bond donors (Lipinski definition) is 0. The molecule has 0 saturated carbocycles. The highest BCUT2D eigenvalue weighted by molar-refractivity contribution is 8.00. The third kappa shape index (κ3) is 2.73. The summed E-state index contributed by atoms with van der Waals surface area (Å²) < 4.78 is 49.6. The lowest BCUT2D eigenvalue weighted by atomic mass is 10.1. The SMILES string of the molecule is O=C1C(=O)N(CCSC(F)(F)F)c2c(F)cccc21. The van der Waals surface area contributed by atoms with Crippen LogP contribution in [-0.2, 0) is 4.79 Å². The number of benzene rings is 1. The van der Waals surface area contributed by atoms with E-state index in [1.807, 2.05) is 0 Å². The standard InChI is InChI=1S/C11H7F4NO2S/c12-7-3-1-2-6-8(7)16(10(18)9(6)17)4-5-19-11(13,14)15/h1-3H,4-5H2. The summed E-state index contributed by atoms with van der Waals surface area (Å²) >= 11 is -0.323. The normalized spacial score (nSPS) is 15.1. The maximum atomic E-state index is 13.6. The number of amides is 1. The van der Waals surface area contributed by atoms with Gasteiger partial charge in [0.05, 0.1) is 11.3 Å². The summed E-state index contributed by atoms with van der Waals surface area (Å²) in [5, 5.41) is 0. The van der Waals surface area contributed by atoms with Crippen LogP contribution in [0.25, 0.3) is 0 Å². The first-order valence-electron chi connectivity index (χ1n) is 5.16. The van der Waals surface area contributed by atoms with Gasteiger partial charge in [0.2, 0.25) is 0 Å². The molecule has 1 amide bonds. The second-order valence-corrected chi connectivity index (χ2v) is 4.88. The lowest BCUT2D eigenvalue weighted by Crippen LogP contribution is -2.32. The van der Waals surface area contributed by atoms with Gasteiger partial charge in [-0.05, 0) is 23.9 Å². The van der Waals surface area contributed by atoms with Crippen molar-refractivity contribution >= 4 is 29.1 Å². The molecular weight excluding hydrogens is 286 g/mol. The van der Waals surface area contributed by atoms with Crippen molar-refractivity contribution in [3.63, 3.8) is 0 Å². The number of carbonyl (C=O) groups excluding carboxylic acids is 2. The monoisotopic (exact) mass is 293 g/mol. The second kappa shape index (κ2) is 4.84. The van der Waals surface area contributed by atoms with Crippen molar-refractivity contribution in [2.24, 2.45) is 0 Å². The number of fused-ring (bicyclic) bond motifs is 1. The quantitative estimate of drug-likeness (QED) is 0.635. The molecule has 0 aliphatic carbocycles. The van der Waals surface area contributed by atoms with Gasteiger partial charge >= 0.3 is 5.51 Å². The highest BCUT2D eigenvalue weighted by Gasteiger charge is 2.38. The van der Waals surface area contributed by atoms with Crippen molar-refractivity contribution < 1.29 is 27.2 Å². The molecule has 0 bridgehead atoms. The predicted octanol–water partition coefficient (Wildman–Crippen LogP) is 2.61. The summed E-state index contributed by atoms with van der Waals surface area (Å²) in [5.41, 5.74) is -4.77. The van der Waals surface area contributed by atoms with Crippen molar-refractivity contribution in [2.75, 3.05) is 17.2 Å². The molecule has 0 unspecified atom stereocenters. The molecule has 1 aliphatic rings. The molecule has 0 saturated heterocycles. The van der Waals surface area contributed by atoms with E-state index in [9.17, 15) is 27.2 Å². The second-order valence-electron chi connectivity index (χ2n) is 3.72. The molecule has 0 aromatic heterocycles. The third-order valence-electron chi connectivity index (χ3n) is 2.52.